The first kappa shape index (κ1) is 23.1. The highest BCUT2D eigenvalue weighted by Gasteiger charge is 2.54. The van der Waals surface area contributed by atoms with E-state index in [1.807, 2.05) is 24.0 Å². The molecule has 10 nitrogen and oxygen atoms in total. The van der Waals surface area contributed by atoms with E-state index in [0.29, 0.717) is 38.2 Å². The molecule has 0 radical (unpaired) electrons. The number of rotatable bonds is 7. The summed E-state index contributed by atoms with van der Waals surface area (Å²) in [6.07, 6.45) is 6.41. The summed E-state index contributed by atoms with van der Waals surface area (Å²) in [5, 5.41) is 14.3. The number of aromatic nitrogens is 5. The second-order valence-corrected chi connectivity index (χ2v) is 9.02. The second-order valence-electron chi connectivity index (χ2n) is 9.02. The van der Waals surface area contributed by atoms with Gasteiger partial charge in [0.1, 0.15) is 6.33 Å². The van der Waals surface area contributed by atoms with Crippen LogP contribution in [0, 0.1) is 0 Å². The van der Waals surface area contributed by atoms with Gasteiger partial charge in [0, 0.05) is 43.9 Å². The van der Waals surface area contributed by atoms with E-state index in [-0.39, 0.29) is 29.4 Å². The number of carbonyl (C=O) groups excluding carboxylic acids is 2. The van der Waals surface area contributed by atoms with Crippen molar-refractivity contribution < 1.29 is 14.3 Å². The van der Waals surface area contributed by atoms with Gasteiger partial charge in [0.15, 0.2) is 0 Å². The highest BCUT2D eigenvalue weighted by molar-refractivity contribution is 5.94. The number of benzene rings is 1. The smallest absolute Gasteiger partial charge is 0.253 e. The van der Waals surface area contributed by atoms with E-state index in [4.69, 9.17) is 4.74 Å². The van der Waals surface area contributed by atoms with Gasteiger partial charge in [-0.1, -0.05) is 24.3 Å². The van der Waals surface area contributed by atoms with E-state index >= 15 is 0 Å². The van der Waals surface area contributed by atoms with Gasteiger partial charge in [-0.2, -0.15) is 0 Å². The van der Waals surface area contributed by atoms with Crippen LogP contribution in [0.2, 0.25) is 0 Å². The largest absolute Gasteiger partial charge is 0.375 e. The standard InChI is InChI=1S/C25H29N7O3/c1-2-35-23-22(28-24(34)18-6-5-12-26-16-18)19-7-3-4-8-20(19)25(23)10-14-31(15-11-25)21(33)9-13-32-17-27-29-30-32/h3-8,12,16-17,22-23H,2,9-11,13-15H2,1H3,(H,28,34)/t22-,23+/m0/s1. The molecule has 1 fully saturated rings. The number of hydrogen-bond acceptors (Lipinski definition) is 7. The Bertz CT molecular complexity index is 1160. The van der Waals surface area contributed by atoms with Crippen LogP contribution in [0.25, 0.3) is 0 Å². The third-order valence-corrected chi connectivity index (χ3v) is 7.19. The summed E-state index contributed by atoms with van der Waals surface area (Å²) in [5.41, 5.74) is 2.54. The fraction of sp³-hybridized carbons (Fsp3) is 0.440. The third-order valence-electron chi connectivity index (χ3n) is 7.19. The molecule has 1 aliphatic heterocycles. The molecule has 3 heterocycles. The Morgan fingerprint density at radius 1 is 1.17 bits per heavy atom. The maximum Gasteiger partial charge on any atom is 0.253 e. The Morgan fingerprint density at radius 3 is 2.71 bits per heavy atom. The minimum Gasteiger partial charge on any atom is -0.375 e. The topological polar surface area (TPSA) is 115 Å². The molecule has 2 atom stereocenters. The van der Waals surface area contributed by atoms with Crippen LogP contribution < -0.4 is 5.32 Å². The van der Waals surface area contributed by atoms with Crippen LogP contribution >= 0.6 is 0 Å². The summed E-state index contributed by atoms with van der Waals surface area (Å²) >= 11 is 0. The molecule has 2 aromatic heterocycles. The first-order valence-corrected chi connectivity index (χ1v) is 12.0. The molecule has 1 aliphatic carbocycles. The Balaban J connectivity index is 1.35. The lowest BCUT2D eigenvalue weighted by molar-refractivity contribution is -0.134. The van der Waals surface area contributed by atoms with Crippen molar-refractivity contribution >= 4 is 11.8 Å². The fourth-order valence-electron chi connectivity index (χ4n) is 5.53. The number of likely N-dealkylation sites (tertiary alicyclic amines) is 1. The summed E-state index contributed by atoms with van der Waals surface area (Å²) in [6.45, 7) is 4.24. The van der Waals surface area contributed by atoms with Crippen LogP contribution in [0.15, 0.2) is 55.1 Å². The van der Waals surface area contributed by atoms with Gasteiger partial charge in [-0.3, -0.25) is 14.6 Å². The van der Waals surface area contributed by atoms with E-state index < -0.39 is 0 Å². The van der Waals surface area contributed by atoms with E-state index in [1.165, 1.54) is 11.9 Å². The first-order valence-electron chi connectivity index (χ1n) is 12.0. The van der Waals surface area contributed by atoms with Gasteiger partial charge in [0.05, 0.1) is 24.3 Å². The lowest BCUT2D eigenvalue weighted by Gasteiger charge is -2.44. The number of tetrazole rings is 1. The number of aryl methyl sites for hydroxylation is 1. The average Bonchev–Trinajstić information content (AvgIpc) is 3.51. The highest BCUT2D eigenvalue weighted by atomic mass is 16.5. The number of hydrogen-bond donors (Lipinski definition) is 1. The zero-order valence-corrected chi connectivity index (χ0v) is 19.7. The number of pyridine rings is 1. The van der Waals surface area contributed by atoms with Crippen molar-refractivity contribution in [3.63, 3.8) is 0 Å². The maximum absolute atomic E-state index is 13.1. The molecule has 1 aromatic carbocycles. The number of nitrogens with one attached hydrogen (secondary N) is 1. The van der Waals surface area contributed by atoms with Crippen molar-refractivity contribution in [2.24, 2.45) is 0 Å². The van der Waals surface area contributed by atoms with Crippen LogP contribution in [0.4, 0.5) is 0 Å². The van der Waals surface area contributed by atoms with Gasteiger partial charge in [-0.25, -0.2) is 4.68 Å². The molecule has 2 aliphatic rings. The molecule has 182 valence electrons. The first-order chi connectivity index (χ1) is 17.1. The van der Waals surface area contributed by atoms with Crippen LogP contribution in [0.3, 0.4) is 0 Å². The van der Waals surface area contributed by atoms with E-state index in [9.17, 15) is 9.59 Å². The molecule has 1 spiro atoms. The van der Waals surface area contributed by atoms with Crippen LogP contribution in [-0.4, -0.2) is 67.7 Å². The number of amides is 2. The second kappa shape index (κ2) is 9.91. The van der Waals surface area contributed by atoms with Crippen molar-refractivity contribution in [1.82, 2.24) is 35.4 Å². The Morgan fingerprint density at radius 2 is 2.00 bits per heavy atom. The third kappa shape index (κ3) is 4.41. The summed E-state index contributed by atoms with van der Waals surface area (Å²) in [4.78, 5) is 31.9. The molecular formula is C25H29N7O3. The highest BCUT2D eigenvalue weighted by Crippen LogP contribution is 2.52. The normalized spacial score (nSPS) is 20.5. The van der Waals surface area contributed by atoms with Gasteiger partial charge in [0.25, 0.3) is 5.91 Å². The van der Waals surface area contributed by atoms with Crippen LogP contribution in [0.5, 0.6) is 0 Å². The van der Waals surface area contributed by atoms with Gasteiger partial charge in [0.2, 0.25) is 5.91 Å². The van der Waals surface area contributed by atoms with Crippen LogP contribution in [-0.2, 0) is 21.5 Å². The SMILES string of the molecule is CCO[C@@H]1[C@@H](NC(=O)c2cccnc2)c2ccccc2C12CCN(C(=O)CCn1cnnn1)CC2. The molecule has 0 bridgehead atoms. The number of fused-ring (bicyclic) bond motifs is 2. The summed E-state index contributed by atoms with van der Waals surface area (Å²) in [5.74, 6) is -0.0779. The van der Waals surface area contributed by atoms with E-state index in [1.54, 1.807) is 29.2 Å². The lowest BCUT2D eigenvalue weighted by Crippen LogP contribution is -2.52. The summed E-state index contributed by atoms with van der Waals surface area (Å²) in [6, 6.07) is 11.5. The minimum atomic E-state index is -0.277. The Kier molecular flexibility index (Phi) is 6.54. The average molecular weight is 476 g/mol. The van der Waals surface area contributed by atoms with Crippen molar-refractivity contribution in [2.75, 3.05) is 19.7 Å². The number of nitrogens with zero attached hydrogens (tertiary/aromatic N) is 6. The van der Waals surface area contributed by atoms with E-state index in [0.717, 1.165) is 18.4 Å². The molecule has 1 saturated heterocycles. The fourth-order valence-corrected chi connectivity index (χ4v) is 5.53. The van der Waals surface area contributed by atoms with E-state index in [2.05, 4.69) is 38.0 Å². The molecule has 2 amide bonds. The molecule has 0 unspecified atom stereocenters. The molecule has 0 saturated carbocycles. The molecule has 3 aromatic rings. The van der Waals surface area contributed by atoms with Crippen molar-refractivity contribution in [3.05, 3.63) is 71.8 Å². The maximum atomic E-state index is 13.1. The van der Waals surface area contributed by atoms with Gasteiger partial charge >= 0.3 is 0 Å². The van der Waals surface area contributed by atoms with Crippen molar-refractivity contribution in [1.29, 1.82) is 0 Å². The molecule has 35 heavy (non-hydrogen) atoms. The zero-order chi connectivity index (χ0) is 24.3. The Hall–Kier alpha value is -3.66. The molecule has 5 rings (SSSR count). The minimum absolute atomic E-state index is 0.0935. The quantitative estimate of drug-likeness (QED) is 0.555. The van der Waals surface area contributed by atoms with Gasteiger partial charge < -0.3 is 15.0 Å². The number of carbonyl (C=O) groups is 2. The van der Waals surface area contributed by atoms with Gasteiger partial charge in [-0.05, 0) is 53.5 Å². The zero-order valence-electron chi connectivity index (χ0n) is 19.7. The van der Waals surface area contributed by atoms with Crippen molar-refractivity contribution in [3.8, 4) is 0 Å². The molecule has 1 N–H and O–H groups in total. The number of piperidine rings is 1. The predicted octanol–water partition coefficient (Wildman–Crippen LogP) is 1.91. The van der Waals surface area contributed by atoms with Crippen molar-refractivity contribution in [2.45, 2.75) is 50.3 Å². The summed E-state index contributed by atoms with van der Waals surface area (Å²) < 4.78 is 7.93. The van der Waals surface area contributed by atoms with Gasteiger partial charge in [-0.15, -0.1) is 5.10 Å². The summed E-state index contributed by atoms with van der Waals surface area (Å²) in [7, 11) is 0. The predicted molar refractivity (Wildman–Crippen MR) is 126 cm³/mol. The molecule has 10 heteroatoms. The Labute approximate surface area is 203 Å². The monoisotopic (exact) mass is 475 g/mol. The van der Waals surface area contributed by atoms with Crippen LogP contribution in [0.1, 0.15) is 53.7 Å². The molecular weight excluding hydrogens is 446 g/mol. The number of ether oxygens (including phenoxy) is 1. The lowest BCUT2D eigenvalue weighted by atomic mass is 9.71.